The van der Waals surface area contributed by atoms with Crippen LogP contribution >= 0.6 is 0 Å². The van der Waals surface area contributed by atoms with E-state index in [0.717, 1.165) is 22.2 Å². The number of aromatic nitrogens is 2. The van der Waals surface area contributed by atoms with Gasteiger partial charge in [0, 0.05) is 22.9 Å². The number of H-pyrrole nitrogens is 1. The van der Waals surface area contributed by atoms with Gasteiger partial charge in [0.2, 0.25) is 0 Å². The topological polar surface area (TPSA) is 81.6 Å². The van der Waals surface area contributed by atoms with Crippen molar-refractivity contribution in [1.29, 1.82) is 0 Å². The number of nitrogens with zero attached hydrogens (tertiary/aromatic N) is 2. The van der Waals surface area contributed by atoms with Gasteiger partial charge in [-0.2, -0.15) is 13.2 Å². The number of alkyl halides is 3. The molecular formula is C29H32F3N3O3. The maximum atomic E-state index is 14.8. The standard InChI is InChI=1S/C29H32F3N3O3/c1-26-12-19(29(30,31)32)17-11-18-24(36)25(37)22(35(2)3)13-27(18)8-9-28(17,38-27)23(26)7-5-16(26)15-4-6-20-21(10-15)34-14-33-20/h4-6,10-11,14,22-25,36-37H,7-9,12-13H2,1-3H3,(H,33,34). The zero-order chi connectivity index (χ0) is 26.8. The summed E-state index contributed by atoms with van der Waals surface area (Å²) in [4.78, 5) is 9.26. The summed E-state index contributed by atoms with van der Waals surface area (Å²) in [5.74, 6) is -0.178. The number of benzene rings is 1. The number of halogens is 3. The van der Waals surface area contributed by atoms with E-state index >= 15 is 0 Å². The van der Waals surface area contributed by atoms with Crippen molar-refractivity contribution in [3.05, 3.63) is 59.0 Å². The number of fused-ring (bicyclic) bond motifs is 2. The van der Waals surface area contributed by atoms with Crippen LogP contribution in [0.15, 0.2) is 53.4 Å². The summed E-state index contributed by atoms with van der Waals surface area (Å²) in [6.07, 6.45) is 0.206. The molecule has 2 bridgehead atoms. The molecule has 6 nitrogen and oxygen atoms in total. The van der Waals surface area contributed by atoms with Crippen LogP contribution < -0.4 is 0 Å². The highest BCUT2D eigenvalue weighted by Gasteiger charge is 2.69. The largest absolute Gasteiger partial charge is 0.413 e. The molecule has 5 aliphatic rings. The van der Waals surface area contributed by atoms with Crippen molar-refractivity contribution in [2.24, 2.45) is 11.3 Å². The van der Waals surface area contributed by atoms with Crippen LogP contribution in [0.1, 0.15) is 44.6 Å². The van der Waals surface area contributed by atoms with Crippen LogP contribution in [0.4, 0.5) is 13.2 Å². The predicted molar refractivity (Wildman–Crippen MR) is 136 cm³/mol. The molecule has 38 heavy (non-hydrogen) atoms. The molecule has 2 fully saturated rings. The number of aliphatic hydroxyl groups excluding tert-OH is 2. The molecule has 1 saturated heterocycles. The maximum absolute atomic E-state index is 14.8. The molecule has 1 aromatic heterocycles. The quantitative estimate of drug-likeness (QED) is 0.535. The predicted octanol–water partition coefficient (Wildman–Crippen LogP) is 4.52. The number of imidazole rings is 1. The third-order valence-electron chi connectivity index (χ3n) is 10.2. The van der Waals surface area contributed by atoms with Crippen LogP contribution in [0.2, 0.25) is 0 Å². The van der Waals surface area contributed by atoms with Gasteiger partial charge in [-0.1, -0.05) is 25.1 Å². The van der Waals surface area contributed by atoms with Crippen molar-refractivity contribution in [3.63, 3.8) is 0 Å². The maximum Gasteiger partial charge on any atom is 0.413 e. The van der Waals surface area contributed by atoms with Crippen molar-refractivity contribution in [2.45, 2.75) is 74.7 Å². The molecule has 9 heteroatoms. The number of rotatable bonds is 2. The fourth-order valence-electron chi connectivity index (χ4n) is 8.48. The first kappa shape index (κ1) is 24.6. The lowest BCUT2D eigenvalue weighted by Crippen LogP contribution is -2.62. The Labute approximate surface area is 218 Å². The molecule has 7 unspecified atom stereocenters. The van der Waals surface area contributed by atoms with Crippen molar-refractivity contribution in [2.75, 3.05) is 14.1 Å². The highest BCUT2D eigenvalue weighted by molar-refractivity contribution is 5.83. The van der Waals surface area contributed by atoms with Gasteiger partial charge in [0.25, 0.3) is 0 Å². The average Bonchev–Trinajstić information content (AvgIpc) is 3.54. The number of ether oxygens (including phenoxy) is 1. The molecule has 1 saturated carbocycles. The molecule has 3 aliphatic carbocycles. The highest BCUT2D eigenvalue weighted by Crippen LogP contribution is 2.70. The van der Waals surface area contributed by atoms with Gasteiger partial charge >= 0.3 is 6.18 Å². The molecule has 0 radical (unpaired) electrons. The van der Waals surface area contributed by atoms with E-state index in [1.807, 2.05) is 44.1 Å². The average molecular weight is 528 g/mol. The lowest BCUT2D eigenvalue weighted by molar-refractivity contribution is -0.170. The van der Waals surface area contributed by atoms with Gasteiger partial charge in [-0.15, -0.1) is 0 Å². The second kappa shape index (κ2) is 7.59. The fraction of sp³-hybridized carbons (Fsp3) is 0.552. The molecule has 2 aliphatic heterocycles. The van der Waals surface area contributed by atoms with Gasteiger partial charge < -0.3 is 24.8 Å². The van der Waals surface area contributed by atoms with Crippen LogP contribution in [0.5, 0.6) is 0 Å². The summed E-state index contributed by atoms with van der Waals surface area (Å²) in [7, 11) is 3.68. The highest BCUT2D eigenvalue weighted by atomic mass is 19.4. The molecule has 2 aromatic rings. The molecule has 202 valence electrons. The van der Waals surface area contributed by atoms with E-state index in [9.17, 15) is 23.4 Å². The molecule has 0 amide bonds. The number of likely N-dealkylation sites (N-methyl/N-ethyl adjacent to an activating group) is 1. The smallest absolute Gasteiger partial charge is 0.388 e. The number of nitrogens with one attached hydrogen (secondary N) is 1. The molecule has 1 aromatic carbocycles. The van der Waals surface area contributed by atoms with Crippen LogP contribution in [-0.2, 0) is 4.74 Å². The molecular weight excluding hydrogens is 495 g/mol. The van der Waals surface area contributed by atoms with E-state index in [4.69, 9.17) is 4.74 Å². The normalized spacial score (nSPS) is 40.2. The van der Waals surface area contributed by atoms with E-state index in [2.05, 4.69) is 16.0 Å². The van der Waals surface area contributed by atoms with Crippen molar-refractivity contribution < 1.29 is 28.1 Å². The Kier molecular flexibility index (Phi) is 4.91. The van der Waals surface area contributed by atoms with Gasteiger partial charge in [0.15, 0.2) is 0 Å². The Morgan fingerprint density at radius 3 is 2.71 bits per heavy atom. The van der Waals surface area contributed by atoms with Crippen molar-refractivity contribution in [3.8, 4) is 0 Å². The Hall–Kier alpha value is -2.46. The van der Waals surface area contributed by atoms with Gasteiger partial charge in [-0.25, -0.2) is 4.98 Å². The van der Waals surface area contributed by atoms with E-state index < -0.39 is 40.6 Å². The summed E-state index contributed by atoms with van der Waals surface area (Å²) < 4.78 is 51.4. The second-order valence-electron chi connectivity index (χ2n) is 12.3. The van der Waals surface area contributed by atoms with Crippen LogP contribution in [0, 0.1) is 11.3 Å². The lowest BCUT2D eigenvalue weighted by atomic mass is 9.56. The van der Waals surface area contributed by atoms with Gasteiger partial charge in [-0.05, 0) is 80.6 Å². The lowest BCUT2D eigenvalue weighted by Gasteiger charge is -2.57. The van der Waals surface area contributed by atoms with Gasteiger partial charge in [0.1, 0.15) is 6.10 Å². The number of aliphatic hydroxyl groups is 2. The van der Waals surface area contributed by atoms with E-state index in [0.29, 0.717) is 31.3 Å². The molecule has 3 N–H and O–H groups in total. The van der Waals surface area contributed by atoms with Gasteiger partial charge in [0.05, 0.1) is 34.7 Å². The van der Waals surface area contributed by atoms with Gasteiger partial charge in [-0.3, -0.25) is 0 Å². The van der Waals surface area contributed by atoms with Crippen molar-refractivity contribution in [1.82, 2.24) is 14.9 Å². The third-order valence-corrected chi connectivity index (χ3v) is 10.2. The Morgan fingerprint density at radius 1 is 1.18 bits per heavy atom. The Bertz CT molecular complexity index is 1440. The molecule has 2 spiro atoms. The third kappa shape index (κ3) is 3.01. The first-order chi connectivity index (χ1) is 17.9. The summed E-state index contributed by atoms with van der Waals surface area (Å²) in [6, 6.07) is 5.46. The first-order valence-electron chi connectivity index (χ1n) is 13.3. The number of aromatic amines is 1. The number of allylic oxidation sites excluding steroid dienone is 3. The number of hydrogen-bond donors (Lipinski definition) is 3. The summed E-state index contributed by atoms with van der Waals surface area (Å²) in [6.45, 7) is 1.96. The number of hydrogen-bond acceptors (Lipinski definition) is 5. The fourth-order valence-corrected chi connectivity index (χ4v) is 8.48. The zero-order valence-electron chi connectivity index (χ0n) is 21.6. The first-order valence-corrected chi connectivity index (χ1v) is 13.3. The summed E-state index contributed by atoms with van der Waals surface area (Å²) in [5, 5.41) is 22.0. The zero-order valence-corrected chi connectivity index (χ0v) is 21.6. The molecule has 7 atom stereocenters. The van der Waals surface area contributed by atoms with Crippen LogP contribution in [0.25, 0.3) is 16.6 Å². The van der Waals surface area contributed by atoms with Crippen LogP contribution in [0.3, 0.4) is 0 Å². The second-order valence-corrected chi connectivity index (χ2v) is 12.3. The minimum atomic E-state index is -4.55. The minimum absolute atomic E-state index is 0.156. The summed E-state index contributed by atoms with van der Waals surface area (Å²) in [5.41, 5.74) is 0.682. The molecule has 7 rings (SSSR count). The Morgan fingerprint density at radius 2 is 1.97 bits per heavy atom. The van der Waals surface area contributed by atoms with Crippen LogP contribution in [-0.4, -0.2) is 74.8 Å². The summed E-state index contributed by atoms with van der Waals surface area (Å²) >= 11 is 0. The minimum Gasteiger partial charge on any atom is -0.388 e. The SMILES string of the molecule is CN(C)C1CC23CCC4(O2)C(=C(C(F)(F)F)CC2(C)C(c5ccc6nc[nH]c6c5)=CCC24)C=C3C(O)C1O. The molecule has 3 heterocycles. The Balaban J connectivity index is 1.40. The van der Waals surface area contributed by atoms with Crippen molar-refractivity contribution >= 4 is 16.6 Å². The monoisotopic (exact) mass is 527 g/mol. The van der Waals surface area contributed by atoms with E-state index in [1.165, 1.54) is 0 Å². The van der Waals surface area contributed by atoms with E-state index in [-0.39, 0.29) is 24.0 Å². The van der Waals surface area contributed by atoms with E-state index in [1.54, 1.807) is 12.4 Å².